The van der Waals surface area contributed by atoms with E-state index in [2.05, 4.69) is 81.5 Å². The van der Waals surface area contributed by atoms with Crippen LogP contribution in [0.5, 0.6) is 0 Å². The molecule has 0 aromatic carbocycles. The van der Waals surface area contributed by atoms with E-state index in [4.69, 9.17) is 14.2 Å². The molecule has 0 spiro atoms. The fourth-order valence-electron chi connectivity index (χ4n) is 7.72. The molecule has 0 amide bonds. The molecule has 0 aliphatic rings. The number of esters is 3. The number of rotatable bonds is 51. The molecular formula is C65H106O6. The van der Waals surface area contributed by atoms with E-state index in [0.29, 0.717) is 19.3 Å². The first-order chi connectivity index (χ1) is 35.0. The van der Waals surface area contributed by atoms with E-state index in [-0.39, 0.29) is 44.0 Å². The molecule has 1 unspecified atom stereocenters. The van der Waals surface area contributed by atoms with Gasteiger partial charge >= 0.3 is 17.9 Å². The maximum Gasteiger partial charge on any atom is 0.306 e. The molecule has 1 atom stereocenters. The highest BCUT2D eigenvalue weighted by atomic mass is 16.6. The van der Waals surface area contributed by atoms with Crippen molar-refractivity contribution < 1.29 is 28.6 Å². The van der Waals surface area contributed by atoms with E-state index < -0.39 is 6.10 Å². The number of allylic oxidation sites excluding steroid dienone is 20. The topological polar surface area (TPSA) is 78.9 Å². The average molecular weight is 984 g/mol. The molecule has 0 aromatic rings. The van der Waals surface area contributed by atoms with Gasteiger partial charge in [-0.05, 0) is 96.3 Å². The smallest absolute Gasteiger partial charge is 0.306 e. The Hall–Kier alpha value is -4.19. The number of ether oxygens (including phenoxy) is 3. The van der Waals surface area contributed by atoms with Crippen molar-refractivity contribution in [2.24, 2.45) is 0 Å². The number of hydrogen-bond acceptors (Lipinski definition) is 6. The summed E-state index contributed by atoms with van der Waals surface area (Å²) in [6.45, 7) is 6.41. The Labute approximate surface area is 437 Å². The van der Waals surface area contributed by atoms with Gasteiger partial charge in [-0.25, -0.2) is 0 Å². The summed E-state index contributed by atoms with van der Waals surface area (Å²) >= 11 is 0. The van der Waals surface area contributed by atoms with Crippen molar-refractivity contribution in [1.29, 1.82) is 0 Å². The van der Waals surface area contributed by atoms with Gasteiger partial charge in [-0.2, -0.15) is 0 Å². The molecule has 6 nitrogen and oxygen atoms in total. The third-order valence-corrected chi connectivity index (χ3v) is 12.1. The molecule has 0 rings (SSSR count). The Morgan fingerprint density at radius 1 is 0.310 bits per heavy atom. The van der Waals surface area contributed by atoms with Crippen LogP contribution in [-0.4, -0.2) is 37.2 Å². The highest BCUT2D eigenvalue weighted by molar-refractivity contribution is 5.71. The van der Waals surface area contributed by atoms with Gasteiger partial charge in [0.2, 0.25) is 0 Å². The van der Waals surface area contributed by atoms with Crippen LogP contribution >= 0.6 is 0 Å². The normalized spacial score (nSPS) is 13.0. The molecule has 0 bridgehead atoms. The van der Waals surface area contributed by atoms with Crippen molar-refractivity contribution >= 4 is 17.9 Å². The summed E-state index contributed by atoms with van der Waals surface area (Å²) in [5, 5.41) is 0. The van der Waals surface area contributed by atoms with Crippen molar-refractivity contribution in [2.45, 2.75) is 258 Å². The SMILES string of the molecule is CC\C=C/C=C\C=C/C=C\C=C\C=C/CCCCCC(=O)OC(COC(=O)CCC/C=C\C/C=C\C/C=C\CCCCCCCC)COC(=O)CCCCCCCCC/C=C\CCCCCCCCCC. The van der Waals surface area contributed by atoms with E-state index in [1.165, 1.54) is 135 Å². The van der Waals surface area contributed by atoms with Gasteiger partial charge in [0.1, 0.15) is 13.2 Å². The molecule has 0 aliphatic carbocycles. The van der Waals surface area contributed by atoms with E-state index in [1.54, 1.807) is 0 Å². The molecule has 6 heteroatoms. The van der Waals surface area contributed by atoms with E-state index in [9.17, 15) is 14.4 Å². The summed E-state index contributed by atoms with van der Waals surface area (Å²) in [5.74, 6) is -1.02. The second-order valence-electron chi connectivity index (χ2n) is 19.0. The fourth-order valence-corrected chi connectivity index (χ4v) is 7.72. The summed E-state index contributed by atoms with van der Waals surface area (Å²) in [6, 6.07) is 0. The van der Waals surface area contributed by atoms with Gasteiger partial charge in [0.25, 0.3) is 0 Å². The lowest BCUT2D eigenvalue weighted by Crippen LogP contribution is -2.30. The maximum absolute atomic E-state index is 12.8. The number of hydrogen-bond donors (Lipinski definition) is 0. The van der Waals surface area contributed by atoms with Crippen LogP contribution in [0.15, 0.2) is 122 Å². The fraction of sp³-hybridized carbons (Fsp3) is 0.646. The molecule has 71 heavy (non-hydrogen) atoms. The Bertz CT molecular complexity index is 1500. The highest BCUT2D eigenvalue weighted by Crippen LogP contribution is 2.14. The minimum Gasteiger partial charge on any atom is -0.462 e. The Morgan fingerprint density at radius 2 is 0.620 bits per heavy atom. The van der Waals surface area contributed by atoms with E-state index in [0.717, 1.165) is 64.2 Å². The van der Waals surface area contributed by atoms with Gasteiger partial charge in [0, 0.05) is 19.3 Å². The summed E-state index contributed by atoms with van der Waals surface area (Å²) in [7, 11) is 0. The zero-order valence-electron chi connectivity index (χ0n) is 45.9. The zero-order valence-corrected chi connectivity index (χ0v) is 45.9. The Balaban J connectivity index is 4.55. The number of carbonyl (C=O) groups excluding carboxylic acids is 3. The molecule has 0 aliphatic heterocycles. The first-order valence-electron chi connectivity index (χ1n) is 29.1. The summed E-state index contributed by atoms with van der Waals surface area (Å²) in [4.78, 5) is 38.2. The average Bonchev–Trinajstić information content (AvgIpc) is 3.37. The molecule has 0 heterocycles. The molecule has 0 aromatic heterocycles. The second kappa shape index (κ2) is 58.4. The highest BCUT2D eigenvalue weighted by Gasteiger charge is 2.19. The Morgan fingerprint density at radius 3 is 1.07 bits per heavy atom. The molecule has 0 saturated heterocycles. The van der Waals surface area contributed by atoms with Crippen LogP contribution in [0.3, 0.4) is 0 Å². The summed E-state index contributed by atoms with van der Waals surface area (Å²) < 4.78 is 16.8. The second-order valence-corrected chi connectivity index (χ2v) is 19.0. The minimum atomic E-state index is -0.828. The third kappa shape index (κ3) is 56.6. The van der Waals surface area contributed by atoms with Crippen LogP contribution in [0, 0.1) is 0 Å². The molecule has 402 valence electrons. The lowest BCUT2D eigenvalue weighted by molar-refractivity contribution is -0.167. The quantitative estimate of drug-likeness (QED) is 0.0199. The van der Waals surface area contributed by atoms with Crippen molar-refractivity contribution in [3.63, 3.8) is 0 Å². The van der Waals surface area contributed by atoms with Crippen molar-refractivity contribution in [1.82, 2.24) is 0 Å². The molecule has 0 radical (unpaired) electrons. The van der Waals surface area contributed by atoms with E-state index >= 15 is 0 Å². The predicted octanol–water partition coefficient (Wildman–Crippen LogP) is 19.6. The van der Waals surface area contributed by atoms with Crippen molar-refractivity contribution in [3.05, 3.63) is 122 Å². The number of carbonyl (C=O) groups is 3. The minimum absolute atomic E-state index is 0.117. The molecule has 0 saturated carbocycles. The largest absolute Gasteiger partial charge is 0.462 e. The van der Waals surface area contributed by atoms with Crippen LogP contribution in [-0.2, 0) is 28.6 Å². The van der Waals surface area contributed by atoms with Crippen LogP contribution in [0.2, 0.25) is 0 Å². The first-order valence-corrected chi connectivity index (χ1v) is 29.1. The van der Waals surface area contributed by atoms with Crippen LogP contribution in [0.4, 0.5) is 0 Å². The first kappa shape index (κ1) is 66.8. The van der Waals surface area contributed by atoms with Crippen LogP contribution in [0.1, 0.15) is 252 Å². The lowest BCUT2D eigenvalue weighted by Gasteiger charge is -2.18. The van der Waals surface area contributed by atoms with Gasteiger partial charge in [-0.15, -0.1) is 0 Å². The molecule has 0 N–H and O–H groups in total. The summed E-state index contributed by atoms with van der Waals surface area (Å²) in [6.07, 6.45) is 80.5. The van der Waals surface area contributed by atoms with Crippen molar-refractivity contribution in [2.75, 3.05) is 13.2 Å². The van der Waals surface area contributed by atoms with Gasteiger partial charge in [-0.3, -0.25) is 14.4 Å². The van der Waals surface area contributed by atoms with Crippen LogP contribution in [0.25, 0.3) is 0 Å². The zero-order chi connectivity index (χ0) is 51.4. The third-order valence-electron chi connectivity index (χ3n) is 12.1. The monoisotopic (exact) mass is 983 g/mol. The van der Waals surface area contributed by atoms with Crippen LogP contribution < -0.4 is 0 Å². The van der Waals surface area contributed by atoms with Gasteiger partial charge < -0.3 is 14.2 Å². The predicted molar refractivity (Wildman–Crippen MR) is 306 cm³/mol. The Kier molecular flexibility index (Phi) is 54.9. The maximum atomic E-state index is 12.8. The van der Waals surface area contributed by atoms with Crippen molar-refractivity contribution in [3.8, 4) is 0 Å². The molecular weight excluding hydrogens is 877 g/mol. The standard InChI is InChI=1S/C65H106O6/c1-4-7-10-13-16-19-22-25-28-31-32-35-37-40-43-46-49-52-55-58-64(67)70-61-62(71-65(68)59-56-53-50-47-44-41-38-34-30-27-24-21-18-15-12-9-6-3)60-69-63(66)57-54-51-48-45-42-39-36-33-29-26-23-20-17-14-11-8-5-2/h9,12,15,18,21,24,26-27,29-32,34,36,38-39,41,44-45,48,62H,4-8,10-11,13-14,16-17,19-20,22-23,25,28,33,35,37,40,42-43,46-47,49-61H2,1-3H3/b12-9-,18-15-,24-21-,29-26-,30-27-,32-31-,38-34+,39-36-,44-41-,48-45-. The van der Waals surface area contributed by atoms with E-state index in [1.807, 2.05) is 60.8 Å². The number of unbranched alkanes of at least 4 members (excludes halogenated alkanes) is 25. The molecule has 0 fully saturated rings. The van der Waals surface area contributed by atoms with Gasteiger partial charge in [0.15, 0.2) is 6.10 Å². The lowest BCUT2D eigenvalue weighted by atomic mass is 10.1. The van der Waals surface area contributed by atoms with Gasteiger partial charge in [-0.1, -0.05) is 258 Å². The van der Waals surface area contributed by atoms with Gasteiger partial charge in [0.05, 0.1) is 0 Å². The summed E-state index contributed by atoms with van der Waals surface area (Å²) in [5.41, 5.74) is 0.